The number of aliphatic hydroxyl groups is 6. The maximum atomic E-state index is 13.2. The van der Waals surface area contributed by atoms with Crippen LogP contribution < -0.4 is 0 Å². The lowest BCUT2D eigenvalue weighted by molar-refractivity contribution is -0.321. The van der Waals surface area contributed by atoms with Gasteiger partial charge in [-0.05, 0) is 78.9 Å². The smallest absolute Gasteiger partial charge is 0.313 e. The summed E-state index contributed by atoms with van der Waals surface area (Å²) >= 11 is 0. The molecule has 15 atom stereocenters. The van der Waals surface area contributed by atoms with Crippen molar-refractivity contribution in [3.05, 3.63) is 11.6 Å². The van der Waals surface area contributed by atoms with Crippen LogP contribution >= 0.6 is 0 Å². The summed E-state index contributed by atoms with van der Waals surface area (Å²) < 4.78 is 11.9. The summed E-state index contributed by atoms with van der Waals surface area (Å²) in [6, 6.07) is 0. The molecule has 4 saturated carbocycles. The minimum atomic E-state index is -1.46. The maximum absolute atomic E-state index is 13.2. The van der Waals surface area contributed by atoms with E-state index in [1.54, 1.807) is 0 Å². The van der Waals surface area contributed by atoms with Crippen molar-refractivity contribution in [3.8, 4) is 0 Å². The second-order valence-electron chi connectivity index (χ2n) is 18.2. The zero-order valence-electron chi connectivity index (χ0n) is 28.7. The maximum Gasteiger partial charge on any atom is 0.313 e. The van der Waals surface area contributed by atoms with Gasteiger partial charge in [0, 0.05) is 16.7 Å². The van der Waals surface area contributed by atoms with E-state index in [2.05, 4.69) is 47.6 Å². The Morgan fingerprint density at radius 3 is 2.22 bits per heavy atom. The highest BCUT2D eigenvalue weighted by atomic mass is 16.7. The van der Waals surface area contributed by atoms with Gasteiger partial charge >= 0.3 is 5.97 Å². The highest BCUT2D eigenvalue weighted by Gasteiger charge is 2.76. The normalized spacial score (nSPS) is 56.5. The molecule has 46 heavy (non-hydrogen) atoms. The van der Waals surface area contributed by atoms with Crippen LogP contribution in [0, 0.1) is 49.7 Å². The van der Waals surface area contributed by atoms with Gasteiger partial charge in [0.2, 0.25) is 0 Å². The first-order chi connectivity index (χ1) is 21.2. The summed E-state index contributed by atoms with van der Waals surface area (Å²) in [5.74, 6) is -1.21. The number of carboxylic acid groups (broad SMARTS) is 1. The summed E-state index contributed by atoms with van der Waals surface area (Å²) in [6.45, 7) is 14.6. The van der Waals surface area contributed by atoms with Gasteiger partial charge in [0.05, 0.1) is 31.5 Å². The molecule has 7 N–H and O–H groups in total. The molecule has 0 spiro atoms. The van der Waals surface area contributed by atoms with Crippen molar-refractivity contribution < 1.29 is 50.0 Å². The van der Waals surface area contributed by atoms with Gasteiger partial charge in [-0.2, -0.15) is 0 Å². The van der Waals surface area contributed by atoms with Crippen LogP contribution in [0.15, 0.2) is 11.6 Å². The number of aliphatic hydroxyl groups excluding tert-OH is 6. The number of carboxylic acids is 1. The van der Waals surface area contributed by atoms with Crippen LogP contribution in [-0.2, 0) is 14.3 Å². The van der Waals surface area contributed by atoms with Crippen molar-refractivity contribution in [2.75, 3.05) is 13.2 Å². The van der Waals surface area contributed by atoms with Gasteiger partial charge in [-0.15, -0.1) is 0 Å². The molecular weight excluding hydrogens is 592 g/mol. The van der Waals surface area contributed by atoms with Gasteiger partial charge in [0.15, 0.2) is 6.29 Å². The molecule has 5 fully saturated rings. The molecule has 0 aromatic rings. The Hall–Kier alpha value is -1.11. The van der Waals surface area contributed by atoms with E-state index in [1.165, 1.54) is 0 Å². The molecule has 1 saturated heterocycles. The molecular formula is C36H58O10. The van der Waals surface area contributed by atoms with Crippen LogP contribution in [0.1, 0.15) is 99.8 Å². The van der Waals surface area contributed by atoms with Crippen molar-refractivity contribution in [3.63, 3.8) is 0 Å². The van der Waals surface area contributed by atoms with Crippen molar-refractivity contribution in [2.45, 2.75) is 143 Å². The summed E-state index contributed by atoms with van der Waals surface area (Å²) in [5.41, 5.74) is -3.36. The van der Waals surface area contributed by atoms with Gasteiger partial charge in [-0.3, -0.25) is 4.79 Å². The van der Waals surface area contributed by atoms with Crippen molar-refractivity contribution >= 4 is 5.97 Å². The van der Waals surface area contributed by atoms with Crippen LogP contribution in [0.3, 0.4) is 0 Å². The van der Waals surface area contributed by atoms with Crippen LogP contribution in [0.25, 0.3) is 0 Å². The average molecular weight is 651 g/mol. The van der Waals surface area contributed by atoms with Gasteiger partial charge in [-0.1, -0.05) is 60.1 Å². The highest BCUT2D eigenvalue weighted by Crippen LogP contribution is 2.78. The number of rotatable bonds is 4. The first-order valence-electron chi connectivity index (χ1n) is 17.4. The van der Waals surface area contributed by atoms with Crippen LogP contribution in [0.5, 0.6) is 0 Å². The van der Waals surface area contributed by atoms with E-state index in [-0.39, 0.29) is 30.5 Å². The third kappa shape index (κ3) is 4.26. The van der Waals surface area contributed by atoms with E-state index < -0.39 is 81.4 Å². The van der Waals surface area contributed by atoms with Crippen LogP contribution in [-0.4, -0.2) is 97.8 Å². The van der Waals surface area contributed by atoms with E-state index in [1.807, 2.05) is 6.92 Å². The van der Waals surface area contributed by atoms with E-state index >= 15 is 0 Å². The van der Waals surface area contributed by atoms with E-state index in [0.717, 1.165) is 12.0 Å². The quantitative estimate of drug-likeness (QED) is 0.177. The van der Waals surface area contributed by atoms with Gasteiger partial charge < -0.3 is 45.2 Å². The molecule has 0 amide bonds. The fourth-order valence-corrected chi connectivity index (χ4v) is 13.1. The van der Waals surface area contributed by atoms with Crippen LogP contribution in [0.4, 0.5) is 0 Å². The number of ether oxygens (including phenoxy) is 2. The second kappa shape index (κ2) is 10.7. The molecule has 10 heteroatoms. The average Bonchev–Trinajstić information content (AvgIpc) is 2.94. The third-order valence-corrected chi connectivity index (χ3v) is 15.4. The lowest BCUT2D eigenvalue weighted by Gasteiger charge is -2.74. The number of hydrogen-bond donors (Lipinski definition) is 7. The zero-order valence-corrected chi connectivity index (χ0v) is 28.7. The van der Waals surface area contributed by atoms with Crippen LogP contribution in [0.2, 0.25) is 0 Å². The van der Waals surface area contributed by atoms with Crippen molar-refractivity contribution in [1.29, 1.82) is 0 Å². The van der Waals surface area contributed by atoms with E-state index in [9.17, 15) is 40.5 Å². The lowest BCUT2D eigenvalue weighted by Crippen LogP contribution is -2.72. The van der Waals surface area contributed by atoms with Gasteiger partial charge in [-0.25, -0.2) is 0 Å². The molecule has 0 radical (unpaired) electrons. The van der Waals surface area contributed by atoms with Gasteiger partial charge in [0.1, 0.15) is 23.7 Å². The summed E-state index contributed by atoms with van der Waals surface area (Å²) in [7, 11) is 0. The molecule has 0 aromatic carbocycles. The number of allylic oxidation sites excluding steroid dienone is 2. The monoisotopic (exact) mass is 650 g/mol. The molecule has 6 rings (SSSR count). The molecule has 262 valence electrons. The molecule has 10 nitrogen and oxygen atoms in total. The summed E-state index contributed by atoms with van der Waals surface area (Å²) in [5, 5.41) is 76.9. The summed E-state index contributed by atoms with van der Waals surface area (Å²) in [6.07, 6.45) is -0.938. The zero-order chi connectivity index (χ0) is 34.0. The Bertz CT molecular complexity index is 1270. The predicted molar refractivity (Wildman–Crippen MR) is 168 cm³/mol. The molecule has 0 aromatic heterocycles. The molecule has 1 aliphatic heterocycles. The fourth-order valence-electron chi connectivity index (χ4n) is 13.1. The minimum Gasteiger partial charge on any atom is -0.481 e. The molecule has 6 aliphatic rings. The van der Waals surface area contributed by atoms with Crippen molar-refractivity contribution in [2.24, 2.45) is 49.7 Å². The standard InChI is InChI=1S/C36H58O10/c1-30(2)12-13-36(29(43)44)23(40)15-34(6)22(35(36,7)17-30)9-8-21-31(3)11-10-24(46-28-26(42)25(41)20(39)16-45-28)32(4,18-37)27(31)19(38)14-33(21,34)5/h9,19-21,23-28,37-42H,8,10-18H2,1-7H3,(H,43,44). The highest BCUT2D eigenvalue weighted by molar-refractivity contribution is 5.79. The van der Waals surface area contributed by atoms with E-state index in [0.29, 0.717) is 44.9 Å². The van der Waals surface area contributed by atoms with Gasteiger partial charge in [0.25, 0.3) is 0 Å². The Morgan fingerprint density at radius 2 is 1.59 bits per heavy atom. The lowest BCUT2D eigenvalue weighted by atomic mass is 9.30. The topological polar surface area (TPSA) is 177 Å². The first kappa shape index (κ1) is 34.7. The molecule has 15 unspecified atom stereocenters. The number of carbonyl (C=O) groups is 1. The third-order valence-electron chi connectivity index (χ3n) is 15.4. The Balaban J connectivity index is 1.39. The van der Waals surface area contributed by atoms with E-state index in [4.69, 9.17) is 9.47 Å². The number of aliphatic carboxylic acids is 1. The number of fused-ring (bicyclic) bond motifs is 7. The molecule has 1 heterocycles. The Labute approximate surface area is 273 Å². The minimum absolute atomic E-state index is 0.0761. The molecule has 5 aliphatic carbocycles. The fraction of sp³-hybridized carbons (Fsp3) is 0.917. The Kier molecular flexibility index (Phi) is 8.08. The summed E-state index contributed by atoms with van der Waals surface area (Å²) in [4.78, 5) is 13.2. The Morgan fingerprint density at radius 1 is 0.913 bits per heavy atom. The van der Waals surface area contributed by atoms with Crippen molar-refractivity contribution in [1.82, 2.24) is 0 Å². The largest absolute Gasteiger partial charge is 0.481 e. The first-order valence-corrected chi connectivity index (χ1v) is 17.4. The second-order valence-corrected chi connectivity index (χ2v) is 18.2. The predicted octanol–water partition coefficient (Wildman–Crippen LogP) is 3.00. The molecule has 0 bridgehead atoms. The number of hydrogen-bond acceptors (Lipinski definition) is 9. The SMILES string of the molecule is CC1(C)CCC2(C(=O)O)C(O)CC3(C)C(=CCC4C5(C)CCC(OC6OCC(O)C(O)C6O)C(C)(CO)C5C(O)CC43C)C2(C)C1.